The number of anilines is 1. The minimum atomic E-state index is -4.75. The molecule has 0 radical (unpaired) electrons. The van der Waals surface area contributed by atoms with Crippen LogP contribution in [0.5, 0.6) is 0 Å². The number of aliphatic imine (C=N–C) groups is 1. The predicted molar refractivity (Wildman–Crippen MR) is 81.2 cm³/mol. The first-order valence-corrected chi connectivity index (χ1v) is 6.51. The van der Waals surface area contributed by atoms with Gasteiger partial charge in [0.05, 0.1) is 16.2 Å². The average Bonchev–Trinajstić information content (AvgIpc) is 2.46. The normalized spacial score (nSPS) is 11.8. The lowest BCUT2D eigenvalue weighted by molar-refractivity contribution is -0.384. The number of hydrogen-bond donors (Lipinski definition) is 1. The summed E-state index contributed by atoms with van der Waals surface area (Å²) in [7, 11) is 0. The van der Waals surface area contributed by atoms with Gasteiger partial charge in [0, 0.05) is 17.3 Å². The van der Waals surface area contributed by atoms with Crippen LogP contribution in [0.15, 0.2) is 41.4 Å². The third-order valence-corrected chi connectivity index (χ3v) is 3.14. The summed E-state index contributed by atoms with van der Waals surface area (Å²) in [6, 6.07) is 7.36. The summed E-state index contributed by atoms with van der Waals surface area (Å²) >= 11 is 5.72. The summed E-state index contributed by atoms with van der Waals surface area (Å²) in [5, 5.41) is 11.3. The number of hydrogen-bond acceptors (Lipinski definition) is 4. The molecule has 0 atom stereocenters. The molecule has 23 heavy (non-hydrogen) atoms. The van der Waals surface area contributed by atoms with Crippen LogP contribution in [0.2, 0.25) is 5.02 Å². The van der Waals surface area contributed by atoms with Crippen molar-refractivity contribution in [2.24, 2.45) is 4.99 Å². The second-order valence-corrected chi connectivity index (χ2v) is 4.93. The van der Waals surface area contributed by atoms with Gasteiger partial charge in [-0.1, -0.05) is 23.7 Å². The molecule has 2 aromatic rings. The molecule has 120 valence electrons. The zero-order valence-electron chi connectivity index (χ0n) is 11.3. The molecule has 5 nitrogen and oxygen atoms in total. The minimum absolute atomic E-state index is 0.332. The second-order valence-electron chi connectivity index (χ2n) is 4.49. The minimum Gasteiger partial charge on any atom is -0.391 e. The van der Waals surface area contributed by atoms with Crippen LogP contribution in [0.3, 0.4) is 0 Å². The number of halogens is 4. The van der Waals surface area contributed by atoms with E-state index in [2.05, 4.69) is 4.99 Å². The Bertz CT molecular complexity index is 774. The van der Waals surface area contributed by atoms with Gasteiger partial charge in [-0.2, -0.15) is 13.2 Å². The van der Waals surface area contributed by atoms with E-state index in [0.29, 0.717) is 22.7 Å². The van der Waals surface area contributed by atoms with Crippen LogP contribution in [-0.4, -0.2) is 11.1 Å². The number of alkyl halides is 3. The largest absolute Gasteiger partial charge is 0.416 e. The molecule has 2 aromatic carbocycles. The molecule has 0 saturated heterocycles. The van der Waals surface area contributed by atoms with Gasteiger partial charge in [-0.05, 0) is 23.8 Å². The number of nitrogen functional groups attached to an aromatic ring is 1. The van der Waals surface area contributed by atoms with Crippen LogP contribution in [0, 0.1) is 10.1 Å². The Labute approximate surface area is 133 Å². The van der Waals surface area contributed by atoms with Crippen molar-refractivity contribution < 1.29 is 18.1 Å². The Morgan fingerprint density at radius 1 is 1.22 bits per heavy atom. The van der Waals surface area contributed by atoms with E-state index in [1.807, 2.05) is 0 Å². The van der Waals surface area contributed by atoms with Gasteiger partial charge in [0.1, 0.15) is 5.69 Å². The summed E-state index contributed by atoms with van der Waals surface area (Å²) in [4.78, 5) is 13.7. The molecule has 2 rings (SSSR count). The summed E-state index contributed by atoms with van der Waals surface area (Å²) in [6.07, 6.45) is -3.51. The molecule has 2 N–H and O–H groups in total. The maximum absolute atomic E-state index is 12.8. The van der Waals surface area contributed by atoms with E-state index in [4.69, 9.17) is 17.3 Å². The monoisotopic (exact) mass is 343 g/mol. The summed E-state index contributed by atoms with van der Waals surface area (Å²) in [5.41, 5.74) is 3.28. The van der Waals surface area contributed by atoms with Crippen LogP contribution in [0.4, 0.5) is 30.2 Å². The van der Waals surface area contributed by atoms with Crippen LogP contribution < -0.4 is 5.73 Å². The maximum atomic E-state index is 12.8. The molecule has 0 unspecified atom stereocenters. The van der Waals surface area contributed by atoms with Gasteiger partial charge in [-0.25, -0.2) is 0 Å². The number of benzene rings is 2. The SMILES string of the molecule is Nc1c(N=Cc2ccc(Cl)cc2)cc(C(F)(F)F)cc1[N+](=O)[O-]. The molecule has 9 heteroatoms. The van der Waals surface area contributed by atoms with E-state index >= 15 is 0 Å². The number of rotatable bonds is 3. The molecular formula is C14H9ClF3N3O2. The highest BCUT2D eigenvalue weighted by Crippen LogP contribution is 2.39. The molecular weight excluding hydrogens is 335 g/mol. The second kappa shape index (κ2) is 6.25. The molecule has 0 heterocycles. The van der Waals surface area contributed by atoms with E-state index in [1.54, 1.807) is 24.3 Å². The maximum Gasteiger partial charge on any atom is 0.416 e. The molecule has 0 aromatic heterocycles. The van der Waals surface area contributed by atoms with Gasteiger partial charge in [0.2, 0.25) is 0 Å². The molecule has 0 bridgehead atoms. The summed E-state index contributed by atoms with van der Waals surface area (Å²) in [5.74, 6) is 0. The van der Waals surface area contributed by atoms with E-state index in [0.717, 1.165) is 0 Å². The van der Waals surface area contributed by atoms with Crippen LogP contribution in [0.25, 0.3) is 0 Å². The third-order valence-electron chi connectivity index (χ3n) is 2.88. The first-order valence-electron chi connectivity index (χ1n) is 6.13. The van der Waals surface area contributed by atoms with E-state index in [-0.39, 0.29) is 5.69 Å². The fourth-order valence-corrected chi connectivity index (χ4v) is 1.86. The highest BCUT2D eigenvalue weighted by molar-refractivity contribution is 6.30. The van der Waals surface area contributed by atoms with E-state index < -0.39 is 28.0 Å². The van der Waals surface area contributed by atoms with Crippen LogP contribution in [-0.2, 0) is 6.18 Å². The first-order chi connectivity index (χ1) is 10.7. The lowest BCUT2D eigenvalue weighted by Gasteiger charge is -2.09. The molecule has 0 aliphatic carbocycles. The Hall–Kier alpha value is -2.61. The summed E-state index contributed by atoms with van der Waals surface area (Å²) in [6.45, 7) is 0. The summed E-state index contributed by atoms with van der Waals surface area (Å²) < 4.78 is 38.5. The van der Waals surface area contributed by atoms with Crippen molar-refractivity contribution in [2.75, 3.05) is 5.73 Å². The number of nitrogens with zero attached hydrogens (tertiary/aromatic N) is 2. The molecule has 0 spiro atoms. The van der Waals surface area contributed by atoms with Crippen molar-refractivity contribution in [1.29, 1.82) is 0 Å². The third kappa shape index (κ3) is 3.98. The van der Waals surface area contributed by atoms with Crippen molar-refractivity contribution >= 4 is 34.9 Å². The van der Waals surface area contributed by atoms with Crippen molar-refractivity contribution in [2.45, 2.75) is 6.18 Å². The predicted octanol–water partition coefficient (Wildman–Crippen LogP) is 4.60. The Kier molecular flexibility index (Phi) is 4.55. The lowest BCUT2D eigenvalue weighted by Crippen LogP contribution is -2.07. The molecule has 0 fully saturated rings. The Morgan fingerprint density at radius 2 is 1.83 bits per heavy atom. The number of nitrogens with two attached hydrogens (primary N) is 1. The van der Waals surface area contributed by atoms with Gasteiger partial charge in [0.15, 0.2) is 0 Å². The first kappa shape index (κ1) is 16.8. The fourth-order valence-electron chi connectivity index (χ4n) is 1.74. The number of nitro benzene ring substituents is 1. The van der Waals surface area contributed by atoms with Crippen molar-refractivity contribution in [3.05, 3.63) is 62.7 Å². The van der Waals surface area contributed by atoms with Gasteiger partial charge in [-0.3, -0.25) is 15.1 Å². The topological polar surface area (TPSA) is 81.5 Å². The van der Waals surface area contributed by atoms with Crippen LogP contribution >= 0.6 is 11.6 Å². The smallest absolute Gasteiger partial charge is 0.391 e. The molecule has 0 saturated carbocycles. The fraction of sp³-hybridized carbons (Fsp3) is 0.0714. The van der Waals surface area contributed by atoms with Gasteiger partial charge >= 0.3 is 6.18 Å². The van der Waals surface area contributed by atoms with Crippen molar-refractivity contribution in [1.82, 2.24) is 0 Å². The average molecular weight is 344 g/mol. The lowest BCUT2D eigenvalue weighted by atomic mass is 10.1. The standard InChI is InChI=1S/C14H9ClF3N3O2/c15-10-3-1-8(2-4-10)7-20-11-5-9(14(16,17)18)6-12(13(11)19)21(22)23/h1-7H,19H2. The molecule has 0 aliphatic heterocycles. The highest BCUT2D eigenvalue weighted by Gasteiger charge is 2.34. The van der Waals surface area contributed by atoms with Crippen molar-refractivity contribution in [3.63, 3.8) is 0 Å². The Balaban J connectivity index is 2.50. The van der Waals surface area contributed by atoms with E-state index in [1.165, 1.54) is 6.21 Å². The van der Waals surface area contributed by atoms with Gasteiger partial charge in [0.25, 0.3) is 5.69 Å². The highest BCUT2D eigenvalue weighted by atomic mass is 35.5. The zero-order chi connectivity index (χ0) is 17.2. The van der Waals surface area contributed by atoms with Crippen molar-refractivity contribution in [3.8, 4) is 0 Å². The Morgan fingerprint density at radius 3 is 2.35 bits per heavy atom. The van der Waals surface area contributed by atoms with Gasteiger partial charge < -0.3 is 5.73 Å². The van der Waals surface area contributed by atoms with E-state index in [9.17, 15) is 23.3 Å². The van der Waals surface area contributed by atoms with Crippen LogP contribution in [0.1, 0.15) is 11.1 Å². The number of nitro groups is 1. The molecule has 0 aliphatic rings. The quantitative estimate of drug-likeness (QED) is 0.382. The zero-order valence-corrected chi connectivity index (χ0v) is 12.1. The molecule has 0 amide bonds. The van der Waals surface area contributed by atoms with Gasteiger partial charge in [-0.15, -0.1) is 0 Å².